The molecule has 1 aromatic carbocycles. The Bertz CT molecular complexity index is 489. The van der Waals surface area contributed by atoms with Gasteiger partial charge in [0.15, 0.2) is 0 Å². The molecule has 0 atom stereocenters. The average molecular weight is 303 g/mol. The summed E-state index contributed by atoms with van der Waals surface area (Å²) < 4.78 is 39.7. The summed E-state index contributed by atoms with van der Waals surface area (Å²) in [4.78, 5) is 12.3. The number of carbonyl (C=O) groups excluding carboxylic acids is 1. The van der Waals surface area contributed by atoms with Crippen molar-refractivity contribution in [3.8, 4) is 0 Å². The average Bonchev–Trinajstić information content (AvgIpc) is 2.41. The number of primary amides is 1. The molecule has 0 saturated carbocycles. The van der Waals surface area contributed by atoms with Gasteiger partial charge in [0.1, 0.15) is 0 Å². The van der Waals surface area contributed by atoms with E-state index >= 15 is 0 Å². The number of halogens is 3. The van der Waals surface area contributed by atoms with Crippen molar-refractivity contribution in [1.29, 1.82) is 0 Å². The largest absolute Gasteiger partial charge is 0.418 e. The number of nitrogens with one attached hydrogen (secondary N) is 1. The number of amides is 1. The number of likely N-dealkylation sites (N-methyl/N-ethyl adjacent to an activating group) is 1. The van der Waals surface area contributed by atoms with E-state index in [0.717, 1.165) is 6.07 Å². The predicted octanol–water partition coefficient (Wildman–Crippen LogP) is 2.13. The second kappa shape index (κ2) is 7.31. The van der Waals surface area contributed by atoms with Crippen molar-refractivity contribution in [2.45, 2.75) is 26.6 Å². The van der Waals surface area contributed by atoms with Crippen LogP contribution in [0.3, 0.4) is 0 Å². The van der Waals surface area contributed by atoms with E-state index in [1.807, 2.05) is 6.92 Å². The van der Waals surface area contributed by atoms with Gasteiger partial charge in [-0.3, -0.25) is 4.79 Å². The minimum Gasteiger partial charge on any atom is -0.368 e. The van der Waals surface area contributed by atoms with E-state index in [1.165, 1.54) is 11.0 Å². The minimum absolute atomic E-state index is 0.0240. The Morgan fingerprint density at radius 1 is 1.33 bits per heavy atom. The number of nitrogens with zero attached hydrogens (tertiary/aromatic N) is 1. The molecule has 4 nitrogen and oxygen atoms in total. The van der Waals surface area contributed by atoms with Gasteiger partial charge in [0.2, 0.25) is 5.91 Å². The molecule has 0 fully saturated rings. The Kier molecular flexibility index (Phi) is 6.02. The molecule has 0 bridgehead atoms. The summed E-state index contributed by atoms with van der Waals surface area (Å²) in [6.07, 6.45) is -4.48. The maximum Gasteiger partial charge on any atom is 0.418 e. The van der Waals surface area contributed by atoms with Gasteiger partial charge in [-0.2, -0.15) is 13.2 Å². The first-order valence-electron chi connectivity index (χ1n) is 6.73. The van der Waals surface area contributed by atoms with Crippen LogP contribution in [0.4, 0.5) is 18.9 Å². The molecule has 0 heterocycles. The minimum atomic E-state index is -4.48. The summed E-state index contributed by atoms with van der Waals surface area (Å²) in [6, 6.07) is 4.13. The zero-order valence-corrected chi connectivity index (χ0v) is 12.1. The first kappa shape index (κ1) is 17.3. The van der Waals surface area contributed by atoms with Crippen LogP contribution in [0.1, 0.15) is 25.0 Å². The summed E-state index contributed by atoms with van der Waals surface area (Å²) in [7, 11) is 0. The highest BCUT2D eigenvalue weighted by Crippen LogP contribution is 2.37. The van der Waals surface area contributed by atoms with E-state index in [4.69, 9.17) is 5.73 Å². The number of nitrogens with two attached hydrogens (primary N) is 1. The van der Waals surface area contributed by atoms with Gasteiger partial charge in [-0.05, 0) is 31.2 Å². The molecule has 0 aliphatic heterocycles. The fourth-order valence-electron chi connectivity index (χ4n) is 2.02. The number of benzene rings is 1. The van der Waals surface area contributed by atoms with Gasteiger partial charge < -0.3 is 16.0 Å². The van der Waals surface area contributed by atoms with Crippen molar-refractivity contribution in [2.24, 2.45) is 5.73 Å². The van der Waals surface area contributed by atoms with Crippen LogP contribution in [0.5, 0.6) is 0 Å². The smallest absolute Gasteiger partial charge is 0.368 e. The number of hydrogen-bond donors (Lipinski definition) is 2. The normalized spacial score (nSPS) is 11.5. The SMILES string of the molecule is CCNCc1ccc(N(CC)CC(N)=O)c(C(F)(F)F)c1. The number of rotatable bonds is 7. The Morgan fingerprint density at radius 3 is 2.48 bits per heavy atom. The molecule has 0 radical (unpaired) electrons. The van der Waals surface area contributed by atoms with Gasteiger partial charge in [0.05, 0.1) is 12.1 Å². The van der Waals surface area contributed by atoms with Crippen molar-refractivity contribution in [2.75, 3.05) is 24.5 Å². The number of alkyl halides is 3. The molecule has 0 saturated heterocycles. The van der Waals surface area contributed by atoms with Gasteiger partial charge in [0.25, 0.3) is 0 Å². The summed E-state index contributed by atoms with van der Waals surface area (Å²) in [5.74, 6) is -0.665. The van der Waals surface area contributed by atoms with E-state index < -0.39 is 17.6 Å². The summed E-state index contributed by atoms with van der Waals surface area (Å²) >= 11 is 0. The maximum atomic E-state index is 13.2. The monoisotopic (exact) mass is 303 g/mol. The third-order valence-corrected chi connectivity index (χ3v) is 3.01. The summed E-state index contributed by atoms with van der Waals surface area (Å²) in [6.45, 7) is 4.61. The molecule has 118 valence electrons. The highest BCUT2D eigenvalue weighted by atomic mass is 19.4. The number of anilines is 1. The molecule has 1 amide bonds. The van der Waals surface area contributed by atoms with Crippen LogP contribution in [-0.2, 0) is 17.5 Å². The lowest BCUT2D eigenvalue weighted by atomic mass is 10.1. The molecule has 0 unspecified atom stereocenters. The zero-order chi connectivity index (χ0) is 16.0. The molecule has 7 heteroatoms. The van der Waals surface area contributed by atoms with Crippen LogP contribution in [0.25, 0.3) is 0 Å². The van der Waals surface area contributed by atoms with Crippen LogP contribution < -0.4 is 16.0 Å². The number of carbonyl (C=O) groups is 1. The Balaban J connectivity index is 3.20. The van der Waals surface area contributed by atoms with Crippen molar-refractivity contribution in [3.05, 3.63) is 29.3 Å². The van der Waals surface area contributed by atoms with Gasteiger partial charge in [-0.25, -0.2) is 0 Å². The lowest BCUT2D eigenvalue weighted by Gasteiger charge is -2.25. The van der Waals surface area contributed by atoms with E-state index in [9.17, 15) is 18.0 Å². The molecule has 0 aliphatic carbocycles. The second-order valence-electron chi connectivity index (χ2n) is 4.61. The molecule has 0 aromatic heterocycles. The highest BCUT2D eigenvalue weighted by molar-refractivity contribution is 5.80. The second-order valence-corrected chi connectivity index (χ2v) is 4.61. The van der Waals surface area contributed by atoms with Crippen LogP contribution in [-0.4, -0.2) is 25.5 Å². The Hall–Kier alpha value is -1.76. The van der Waals surface area contributed by atoms with Crippen molar-refractivity contribution < 1.29 is 18.0 Å². The molecular formula is C14H20F3N3O. The molecular weight excluding hydrogens is 283 g/mol. The predicted molar refractivity (Wildman–Crippen MR) is 75.9 cm³/mol. The topological polar surface area (TPSA) is 58.4 Å². The molecule has 1 aromatic rings. The van der Waals surface area contributed by atoms with Crippen molar-refractivity contribution in [1.82, 2.24) is 5.32 Å². The van der Waals surface area contributed by atoms with Gasteiger partial charge in [0, 0.05) is 18.8 Å². The van der Waals surface area contributed by atoms with E-state index in [2.05, 4.69) is 5.32 Å². The van der Waals surface area contributed by atoms with Gasteiger partial charge in [-0.1, -0.05) is 13.0 Å². The maximum absolute atomic E-state index is 13.2. The Labute approximate surface area is 122 Å². The van der Waals surface area contributed by atoms with E-state index in [1.54, 1.807) is 13.0 Å². The fourth-order valence-corrected chi connectivity index (χ4v) is 2.02. The van der Waals surface area contributed by atoms with E-state index in [0.29, 0.717) is 18.7 Å². The highest BCUT2D eigenvalue weighted by Gasteiger charge is 2.35. The van der Waals surface area contributed by atoms with Crippen molar-refractivity contribution >= 4 is 11.6 Å². The van der Waals surface area contributed by atoms with Crippen LogP contribution in [0, 0.1) is 0 Å². The van der Waals surface area contributed by atoms with Gasteiger partial charge in [-0.15, -0.1) is 0 Å². The third kappa shape index (κ3) is 4.93. The van der Waals surface area contributed by atoms with Crippen LogP contribution >= 0.6 is 0 Å². The van der Waals surface area contributed by atoms with Gasteiger partial charge >= 0.3 is 6.18 Å². The molecule has 3 N–H and O–H groups in total. The number of hydrogen-bond acceptors (Lipinski definition) is 3. The summed E-state index contributed by atoms with van der Waals surface area (Å²) in [5.41, 5.74) is 4.86. The lowest BCUT2D eigenvalue weighted by molar-refractivity contribution is -0.137. The molecule has 0 spiro atoms. The third-order valence-electron chi connectivity index (χ3n) is 3.01. The summed E-state index contributed by atoms with van der Waals surface area (Å²) in [5, 5.41) is 2.98. The molecule has 0 aliphatic rings. The fraction of sp³-hybridized carbons (Fsp3) is 0.500. The van der Waals surface area contributed by atoms with E-state index in [-0.39, 0.29) is 18.8 Å². The molecule has 21 heavy (non-hydrogen) atoms. The van der Waals surface area contributed by atoms with Crippen LogP contribution in [0.15, 0.2) is 18.2 Å². The first-order valence-corrected chi connectivity index (χ1v) is 6.73. The molecule has 1 rings (SSSR count). The van der Waals surface area contributed by atoms with Crippen molar-refractivity contribution in [3.63, 3.8) is 0 Å². The lowest BCUT2D eigenvalue weighted by Crippen LogP contribution is -2.35. The first-order chi connectivity index (χ1) is 9.79. The standard InChI is InChI=1S/C14H20F3N3O/c1-3-19-8-10-5-6-12(11(7-10)14(15,16)17)20(4-2)9-13(18)21/h5-7,19H,3-4,8-9H2,1-2H3,(H2,18,21). The van der Waals surface area contributed by atoms with Crippen LogP contribution in [0.2, 0.25) is 0 Å². The quantitative estimate of drug-likeness (QED) is 0.811. The Morgan fingerprint density at radius 2 is 2.00 bits per heavy atom. The zero-order valence-electron chi connectivity index (χ0n) is 12.1.